The number of rotatable bonds is 20. The van der Waals surface area contributed by atoms with Gasteiger partial charge in [-0.25, -0.2) is 4.79 Å². The lowest BCUT2D eigenvalue weighted by molar-refractivity contribution is -0.136. The van der Waals surface area contributed by atoms with Crippen molar-refractivity contribution in [1.29, 1.82) is 0 Å². The average Bonchev–Trinajstić information content (AvgIpc) is 3.44. The second kappa shape index (κ2) is 20.3. The fourth-order valence-corrected chi connectivity index (χ4v) is 5.78. The van der Waals surface area contributed by atoms with Crippen LogP contribution in [0.15, 0.2) is 91.0 Å². The number of carbonyl (C=O) groups is 2. The van der Waals surface area contributed by atoms with Crippen LogP contribution in [-0.4, -0.2) is 98.7 Å². The Bertz CT molecular complexity index is 1400. The lowest BCUT2D eigenvalue weighted by Gasteiger charge is -2.32. The Morgan fingerprint density at radius 1 is 0.896 bits per heavy atom. The maximum absolute atomic E-state index is 13.9. The molecule has 3 N–H and O–H groups in total. The summed E-state index contributed by atoms with van der Waals surface area (Å²) in [6.45, 7) is 2.29. The Balaban J connectivity index is 1.36. The molecular weight excluding hydrogens is 612 g/mol. The zero-order valence-electron chi connectivity index (χ0n) is 27.6. The molecule has 0 unspecified atom stereocenters. The number of aliphatic hydroxyl groups is 2. The summed E-state index contributed by atoms with van der Waals surface area (Å²) in [7, 11) is 1.61. The monoisotopic (exact) mass is 660 g/mol. The lowest BCUT2D eigenvalue weighted by Crippen LogP contribution is -2.46. The Kier molecular flexibility index (Phi) is 15.6. The summed E-state index contributed by atoms with van der Waals surface area (Å²) < 4.78 is 21.0. The van der Waals surface area contributed by atoms with Crippen molar-refractivity contribution in [3.05, 3.63) is 113 Å². The number of carbonyl (C=O) groups excluding carboxylic acids is 2. The number of aliphatic hydroxyl groups excluding tert-OH is 2. The Morgan fingerprint density at radius 2 is 1.54 bits per heavy atom. The number of methoxy groups -OCH3 is 1. The maximum Gasteiger partial charge on any atom is 0.407 e. The van der Waals surface area contributed by atoms with E-state index in [9.17, 15) is 19.8 Å². The van der Waals surface area contributed by atoms with E-state index in [1.165, 1.54) is 0 Å². The SMILES string of the molecule is COCCOCCOCCOC(=O)N[C@@H](Cc1ccccc1)[C@@H](O)CCC(=O)N(CC=Cc1ccccc1)[C@H]1c2ccccc2C[C@H]1O. The molecule has 1 aliphatic carbocycles. The van der Waals surface area contributed by atoms with Crippen molar-refractivity contribution >= 4 is 18.1 Å². The minimum absolute atomic E-state index is 0.0219. The third kappa shape index (κ3) is 11.9. The van der Waals surface area contributed by atoms with Crippen LogP contribution in [0.3, 0.4) is 0 Å². The van der Waals surface area contributed by atoms with Gasteiger partial charge in [0.15, 0.2) is 0 Å². The molecular formula is C38H48N2O8. The summed E-state index contributed by atoms with van der Waals surface area (Å²) in [4.78, 5) is 28.3. The van der Waals surface area contributed by atoms with E-state index in [1.54, 1.807) is 12.0 Å². The Hall–Kier alpha value is -4.06. The summed E-state index contributed by atoms with van der Waals surface area (Å²) in [5.74, 6) is -0.197. The van der Waals surface area contributed by atoms with Crippen LogP contribution in [0.1, 0.15) is 41.1 Å². The second-order valence-corrected chi connectivity index (χ2v) is 11.7. The smallest absolute Gasteiger partial charge is 0.407 e. The molecule has 0 saturated carbocycles. The zero-order valence-corrected chi connectivity index (χ0v) is 27.6. The van der Waals surface area contributed by atoms with Crippen LogP contribution < -0.4 is 5.32 Å². The summed E-state index contributed by atoms with van der Waals surface area (Å²) in [6, 6.07) is 25.9. The molecule has 0 radical (unpaired) electrons. The van der Waals surface area contributed by atoms with E-state index in [1.807, 2.05) is 97.1 Å². The van der Waals surface area contributed by atoms with E-state index in [2.05, 4.69) is 5.32 Å². The fourth-order valence-electron chi connectivity index (χ4n) is 5.78. The molecule has 10 nitrogen and oxygen atoms in total. The van der Waals surface area contributed by atoms with Gasteiger partial charge in [0.1, 0.15) is 6.61 Å². The van der Waals surface area contributed by atoms with Gasteiger partial charge in [0.05, 0.1) is 57.3 Å². The van der Waals surface area contributed by atoms with E-state index < -0.39 is 30.4 Å². The largest absolute Gasteiger partial charge is 0.447 e. The first-order valence-electron chi connectivity index (χ1n) is 16.5. The first-order chi connectivity index (χ1) is 23.5. The van der Waals surface area contributed by atoms with Gasteiger partial charge in [-0.3, -0.25) is 4.79 Å². The van der Waals surface area contributed by atoms with Crippen LogP contribution in [0.2, 0.25) is 0 Å². The predicted molar refractivity (Wildman–Crippen MR) is 183 cm³/mol. The van der Waals surface area contributed by atoms with Gasteiger partial charge in [0.25, 0.3) is 0 Å². The molecule has 10 heteroatoms. The summed E-state index contributed by atoms with van der Waals surface area (Å²) in [6.07, 6.45) is 2.36. The molecule has 2 amide bonds. The third-order valence-electron chi connectivity index (χ3n) is 8.22. The number of nitrogens with zero attached hydrogens (tertiary/aromatic N) is 1. The molecule has 3 aromatic rings. The summed E-state index contributed by atoms with van der Waals surface area (Å²) in [5, 5.41) is 25.2. The molecule has 0 fully saturated rings. The topological polar surface area (TPSA) is 127 Å². The third-order valence-corrected chi connectivity index (χ3v) is 8.22. The van der Waals surface area contributed by atoms with Gasteiger partial charge < -0.3 is 39.4 Å². The van der Waals surface area contributed by atoms with Crippen LogP contribution in [-0.2, 0) is 36.6 Å². The summed E-state index contributed by atoms with van der Waals surface area (Å²) >= 11 is 0. The van der Waals surface area contributed by atoms with Crippen LogP contribution >= 0.6 is 0 Å². The molecule has 0 aliphatic heterocycles. The highest BCUT2D eigenvalue weighted by Gasteiger charge is 2.37. The van der Waals surface area contributed by atoms with Crippen LogP contribution in [0.4, 0.5) is 4.79 Å². The van der Waals surface area contributed by atoms with Gasteiger partial charge in [-0.05, 0) is 35.1 Å². The van der Waals surface area contributed by atoms with Gasteiger partial charge in [-0.15, -0.1) is 0 Å². The van der Waals surface area contributed by atoms with E-state index in [0.717, 1.165) is 22.3 Å². The van der Waals surface area contributed by atoms with Crippen molar-refractivity contribution in [2.45, 2.75) is 50.0 Å². The molecule has 258 valence electrons. The second-order valence-electron chi connectivity index (χ2n) is 11.7. The van der Waals surface area contributed by atoms with Crippen molar-refractivity contribution in [2.24, 2.45) is 0 Å². The molecule has 48 heavy (non-hydrogen) atoms. The van der Waals surface area contributed by atoms with E-state index in [-0.39, 0.29) is 32.0 Å². The maximum atomic E-state index is 13.9. The number of amides is 2. The quantitative estimate of drug-likeness (QED) is 0.153. The highest BCUT2D eigenvalue weighted by molar-refractivity contribution is 5.77. The molecule has 0 spiro atoms. The number of hydrogen-bond donors (Lipinski definition) is 3. The zero-order chi connectivity index (χ0) is 34.0. The molecule has 0 aromatic heterocycles. The van der Waals surface area contributed by atoms with E-state index >= 15 is 0 Å². The lowest BCUT2D eigenvalue weighted by atomic mass is 9.97. The number of nitrogens with one attached hydrogen (secondary N) is 1. The summed E-state index contributed by atoms with van der Waals surface area (Å²) in [5.41, 5.74) is 3.88. The molecule has 0 bridgehead atoms. The number of ether oxygens (including phenoxy) is 4. The average molecular weight is 661 g/mol. The molecule has 0 heterocycles. The van der Waals surface area contributed by atoms with Gasteiger partial charge >= 0.3 is 6.09 Å². The molecule has 0 saturated heterocycles. The van der Waals surface area contributed by atoms with Gasteiger partial charge in [0.2, 0.25) is 5.91 Å². The van der Waals surface area contributed by atoms with Crippen LogP contribution in [0.25, 0.3) is 6.08 Å². The standard InChI is InChI=1S/C38H48N2O8/c1-45-21-22-46-23-24-47-25-26-48-38(44)39-33(27-30-13-6-3-7-14-30)34(41)18-19-36(43)40(20-10-15-29-11-4-2-5-12-29)37-32-17-9-8-16-31(32)28-35(37)42/h2-17,33-35,37,41-42H,18-28H2,1H3,(H,39,44)/t33-,34-,35+,37-/m0/s1. The molecule has 1 aliphatic rings. The first kappa shape index (κ1) is 36.8. The number of fused-ring (bicyclic) bond motifs is 1. The van der Waals surface area contributed by atoms with Crippen molar-refractivity contribution in [1.82, 2.24) is 10.2 Å². The van der Waals surface area contributed by atoms with Crippen molar-refractivity contribution < 1.29 is 38.7 Å². The van der Waals surface area contributed by atoms with Crippen LogP contribution in [0, 0.1) is 0 Å². The highest BCUT2D eigenvalue weighted by atomic mass is 16.6. The Labute approximate surface area is 283 Å². The molecule has 4 rings (SSSR count). The normalized spacial score (nSPS) is 16.7. The van der Waals surface area contributed by atoms with Gasteiger partial charge in [-0.1, -0.05) is 97.1 Å². The molecule has 4 atom stereocenters. The Morgan fingerprint density at radius 3 is 2.27 bits per heavy atom. The van der Waals surface area contributed by atoms with E-state index in [0.29, 0.717) is 45.8 Å². The predicted octanol–water partition coefficient (Wildman–Crippen LogP) is 4.34. The van der Waals surface area contributed by atoms with Crippen molar-refractivity contribution in [3.8, 4) is 0 Å². The highest BCUT2D eigenvalue weighted by Crippen LogP contribution is 2.36. The number of benzene rings is 3. The van der Waals surface area contributed by atoms with Crippen molar-refractivity contribution in [2.75, 3.05) is 53.3 Å². The van der Waals surface area contributed by atoms with Gasteiger partial charge in [-0.2, -0.15) is 0 Å². The van der Waals surface area contributed by atoms with Crippen LogP contribution in [0.5, 0.6) is 0 Å². The minimum Gasteiger partial charge on any atom is -0.447 e. The fraction of sp³-hybridized carbons (Fsp3) is 0.421. The number of hydrogen-bond acceptors (Lipinski definition) is 8. The minimum atomic E-state index is -1.04. The van der Waals surface area contributed by atoms with Gasteiger partial charge in [0, 0.05) is 26.5 Å². The van der Waals surface area contributed by atoms with Crippen molar-refractivity contribution in [3.63, 3.8) is 0 Å². The number of alkyl carbamates (subject to hydrolysis) is 1. The molecule has 3 aromatic carbocycles. The first-order valence-corrected chi connectivity index (χ1v) is 16.5. The van der Waals surface area contributed by atoms with E-state index in [4.69, 9.17) is 18.9 Å².